The van der Waals surface area contributed by atoms with Crippen LogP contribution in [0.2, 0.25) is 0 Å². The number of carbonyl (C=O) groups is 2. The van der Waals surface area contributed by atoms with Crippen molar-refractivity contribution in [1.82, 2.24) is 5.43 Å². The van der Waals surface area contributed by atoms with Crippen LogP contribution in [-0.4, -0.2) is 29.7 Å². The number of benzene rings is 1. The first-order valence-corrected chi connectivity index (χ1v) is 5.84. The summed E-state index contributed by atoms with van der Waals surface area (Å²) < 4.78 is 4.32. The van der Waals surface area contributed by atoms with Crippen LogP contribution in [0.3, 0.4) is 0 Å². The largest absolute Gasteiger partial charge is 0.452 e. The quantitative estimate of drug-likeness (QED) is 0.485. The molecule has 112 valence electrons. The zero-order valence-corrected chi connectivity index (χ0v) is 11.5. The smallest absolute Gasteiger partial charge is 0.427 e. The first-order valence-electron chi connectivity index (χ1n) is 5.84. The van der Waals surface area contributed by atoms with Crippen LogP contribution in [0.4, 0.5) is 16.2 Å². The number of methoxy groups -OCH3 is 1. The normalized spacial score (nSPS) is 10.7. The third-order valence-electron chi connectivity index (χ3n) is 2.28. The van der Waals surface area contributed by atoms with Crippen molar-refractivity contribution in [2.24, 2.45) is 5.10 Å². The number of hydrazone groups is 1. The maximum atomic E-state index is 11.7. The second kappa shape index (κ2) is 7.58. The molecule has 2 N–H and O–H groups in total. The van der Waals surface area contributed by atoms with Crippen LogP contribution in [-0.2, 0) is 9.53 Å². The summed E-state index contributed by atoms with van der Waals surface area (Å²) in [5.41, 5.74) is 2.62. The highest BCUT2D eigenvalue weighted by Gasteiger charge is 2.09. The minimum absolute atomic E-state index is 0.0767. The van der Waals surface area contributed by atoms with E-state index in [1.807, 2.05) is 0 Å². The van der Waals surface area contributed by atoms with Crippen molar-refractivity contribution in [3.8, 4) is 0 Å². The van der Waals surface area contributed by atoms with E-state index < -0.39 is 16.9 Å². The highest BCUT2D eigenvalue weighted by Crippen LogP contribution is 2.17. The highest BCUT2D eigenvalue weighted by molar-refractivity contribution is 6.05. The van der Waals surface area contributed by atoms with Gasteiger partial charge in [-0.3, -0.25) is 14.9 Å². The molecule has 1 aromatic carbocycles. The van der Waals surface area contributed by atoms with E-state index in [1.54, 1.807) is 6.92 Å². The highest BCUT2D eigenvalue weighted by atomic mass is 16.6. The van der Waals surface area contributed by atoms with Crippen molar-refractivity contribution in [3.05, 3.63) is 34.4 Å². The fourth-order valence-electron chi connectivity index (χ4n) is 1.36. The summed E-state index contributed by atoms with van der Waals surface area (Å²) in [6.45, 7) is 1.54. The monoisotopic (exact) mass is 294 g/mol. The van der Waals surface area contributed by atoms with Gasteiger partial charge in [-0.05, 0) is 13.0 Å². The molecular weight excluding hydrogens is 280 g/mol. The molecule has 0 heterocycles. The van der Waals surface area contributed by atoms with Crippen LogP contribution >= 0.6 is 0 Å². The van der Waals surface area contributed by atoms with E-state index in [0.29, 0.717) is 11.4 Å². The number of nitro benzene ring substituents is 1. The van der Waals surface area contributed by atoms with Crippen LogP contribution in [0.25, 0.3) is 0 Å². The van der Waals surface area contributed by atoms with Gasteiger partial charge in [-0.15, -0.1) is 0 Å². The molecule has 1 rings (SSSR count). The van der Waals surface area contributed by atoms with Gasteiger partial charge in [0.05, 0.1) is 18.5 Å². The summed E-state index contributed by atoms with van der Waals surface area (Å²) in [6, 6.07) is 5.57. The molecule has 0 saturated carbocycles. The number of hydrogen-bond donors (Lipinski definition) is 2. The lowest BCUT2D eigenvalue weighted by Crippen LogP contribution is -2.21. The predicted molar refractivity (Wildman–Crippen MR) is 75.0 cm³/mol. The van der Waals surface area contributed by atoms with E-state index in [9.17, 15) is 19.7 Å². The van der Waals surface area contributed by atoms with Crippen molar-refractivity contribution in [1.29, 1.82) is 0 Å². The van der Waals surface area contributed by atoms with Crippen LogP contribution in [0, 0.1) is 10.1 Å². The maximum Gasteiger partial charge on any atom is 0.427 e. The van der Waals surface area contributed by atoms with Crippen molar-refractivity contribution >= 4 is 29.1 Å². The molecule has 1 aromatic rings. The van der Waals surface area contributed by atoms with E-state index in [1.165, 1.54) is 31.4 Å². The van der Waals surface area contributed by atoms with Crippen LogP contribution in [0.1, 0.15) is 13.3 Å². The van der Waals surface area contributed by atoms with Crippen molar-refractivity contribution in [3.63, 3.8) is 0 Å². The van der Waals surface area contributed by atoms with Gasteiger partial charge in [0.1, 0.15) is 0 Å². The Morgan fingerprint density at radius 2 is 2.14 bits per heavy atom. The number of ether oxygens (including phenoxy) is 1. The summed E-state index contributed by atoms with van der Waals surface area (Å²) >= 11 is 0. The molecule has 0 aliphatic rings. The number of nitro groups is 1. The molecule has 0 aliphatic carbocycles. The Morgan fingerprint density at radius 3 is 2.76 bits per heavy atom. The molecule has 0 fully saturated rings. The summed E-state index contributed by atoms with van der Waals surface area (Å²) in [6.07, 6.45) is -0.819. The molecule has 0 bridgehead atoms. The lowest BCUT2D eigenvalue weighted by Gasteiger charge is -2.05. The minimum atomic E-state index is -0.742. The molecule has 0 spiro atoms. The number of hydrogen-bond acceptors (Lipinski definition) is 6. The second-order valence-electron chi connectivity index (χ2n) is 3.98. The molecule has 9 heteroatoms. The third kappa shape index (κ3) is 5.68. The predicted octanol–water partition coefficient (Wildman–Crippen LogP) is 1.66. The number of rotatable bonds is 5. The zero-order chi connectivity index (χ0) is 15.8. The molecule has 0 saturated heterocycles. The SMILES string of the molecule is COC(=O)N/N=C(/C)CC(=O)Nc1cccc([N+](=O)[O-])c1. The van der Waals surface area contributed by atoms with E-state index in [4.69, 9.17) is 0 Å². The van der Waals surface area contributed by atoms with Crippen LogP contribution < -0.4 is 10.7 Å². The van der Waals surface area contributed by atoms with Crippen LogP contribution in [0.5, 0.6) is 0 Å². The zero-order valence-electron chi connectivity index (χ0n) is 11.5. The van der Waals surface area contributed by atoms with E-state index in [2.05, 4.69) is 20.6 Å². The van der Waals surface area contributed by atoms with Crippen molar-refractivity contribution in [2.75, 3.05) is 12.4 Å². The lowest BCUT2D eigenvalue weighted by atomic mass is 10.2. The molecular formula is C12H14N4O5. The standard InChI is InChI=1S/C12H14N4O5/c1-8(14-15-12(18)21-2)6-11(17)13-9-4-3-5-10(7-9)16(19)20/h3-5,7H,6H2,1-2H3,(H,13,17)(H,15,18)/b14-8-. The Bertz CT molecular complexity index is 585. The van der Waals surface area contributed by atoms with Crippen molar-refractivity contribution in [2.45, 2.75) is 13.3 Å². The average Bonchev–Trinajstić information content (AvgIpc) is 2.44. The van der Waals surface area contributed by atoms with Gasteiger partial charge in [0.2, 0.25) is 5.91 Å². The Hall–Kier alpha value is -2.97. The summed E-state index contributed by atoms with van der Waals surface area (Å²) in [5.74, 6) is -0.414. The van der Waals surface area contributed by atoms with Gasteiger partial charge in [0.15, 0.2) is 0 Å². The van der Waals surface area contributed by atoms with Gasteiger partial charge >= 0.3 is 6.09 Å². The van der Waals surface area contributed by atoms with Crippen molar-refractivity contribution < 1.29 is 19.2 Å². The van der Waals surface area contributed by atoms with Gasteiger partial charge in [0.25, 0.3) is 5.69 Å². The summed E-state index contributed by atoms with van der Waals surface area (Å²) in [4.78, 5) is 32.6. The van der Waals surface area contributed by atoms with Gasteiger partial charge in [-0.25, -0.2) is 10.2 Å². The van der Waals surface area contributed by atoms with Gasteiger partial charge in [-0.2, -0.15) is 5.10 Å². The first kappa shape index (κ1) is 16.1. The number of amides is 2. The van der Waals surface area contributed by atoms with E-state index >= 15 is 0 Å². The molecule has 0 atom stereocenters. The molecule has 0 aromatic heterocycles. The average molecular weight is 294 g/mol. The topological polar surface area (TPSA) is 123 Å². The third-order valence-corrected chi connectivity index (χ3v) is 2.28. The van der Waals surface area contributed by atoms with Gasteiger partial charge in [0, 0.05) is 23.5 Å². The maximum absolute atomic E-state index is 11.7. The molecule has 21 heavy (non-hydrogen) atoms. The second-order valence-corrected chi connectivity index (χ2v) is 3.98. The number of nitrogens with one attached hydrogen (secondary N) is 2. The Morgan fingerprint density at radius 1 is 1.43 bits per heavy atom. The number of anilines is 1. The minimum Gasteiger partial charge on any atom is -0.452 e. The number of carbonyl (C=O) groups excluding carboxylic acids is 2. The fraction of sp³-hybridized carbons (Fsp3) is 0.250. The van der Waals surface area contributed by atoms with E-state index in [-0.39, 0.29) is 12.1 Å². The lowest BCUT2D eigenvalue weighted by molar-refractivity contribution is -0.384. The molecule has 0 unspecified atom stereocenters. The molecule has 0 aliphatic heterocycles. The first-order chi connectivity index (χ1) is 9.92. The molecule has 9 nitrogen and oxygen atoms in total. The fourth-order valence-corrected chi connectivity index (χ4v) is 1.36. The Labute approximate surface area is 120 Å². The van der Waals surface area contributed by atoms with Crippen LogP contribution in [0.15, 0.2) is 29.4 Å². The molecule has 0 radical (unpaired) electrons. The van der Waals surface area contributed by atoms with Gasteiger partial charge < -0.3 is 10.1 Å². The van der Waals surface area contributed by atoms with E-state index in [0.717, 1.165) is 0 Å². The summed E-state index contributed by atoms with van der Waals surface area (Å²) in [7, 11) is 1.19. The number of non-ortho nitro benzene ring substituents is 1. The van der Waals surface area contributed by atoms with Gasteiger partial charge in [-0.1, -0.05) is 6.07 Å². The Kier molecular flexibility index (Phi) is 5.80. The Balaban J connectivity index is 2.59. The molecule has 2 amide bonds. The summed E-state index contributed by atoms with van der Waals surface area (Å²) in [5, 5.41) is 16.8. The number of nitrogens with zero attached hydrogens (tertiary/aromatic N) is 2.